The first-order valence-electron chi connectivity index (χ1n) is 2.84. The van der Waals surface area contributed by atoms with E-state index in [1.807, 2.05) is 0 Å². The molecule has 0 amide bonds. The van der Waals surface area contributed by atoms with Crippen LogP contribution in [0.1, 0.15) is 6.42 Å². The van der Waals surface area contributed by atoms with Gasteiger partial charge in [-0.1, -0.05) is 11.9 Å². The van der Waals surface area contributed by atoms with Gasteiger partial charge in [0.2, 0.25) is 0 Å². The van der Waals surface area contributed by atoms with Crippen LogP contribution in [0.4, 0.5) is 0 Å². The van der Waals surface area contributed by atoms with E-state index < -0.39 is 12.0 Å². The fourth-order valence-corrected chi connectivity index (χ4v) is 1.27. The van der Waals surface area contributed by atoms with Gasteiger partial charge in [0.25, 0.3) is 0 Å². The highest BCUT2D eigenvalue weighted by atomic mass is 32.2. The number of thiol groups is 1. The molecular weight excluding hydrogens is 170 g/mol. The van der Waals surface area contributed by atoms with E-state index in [1.54, 1.807) is 6.26 Å². The highest BCUT2D eigenvalue weighted by molar-refractivity contribution is 7.96. The second-order valence-corrected chi connectivity index (χ2v) is 2.82. The smallest absolute Gasteiger partial charge is 0.321 e. The van der Waals surface area contributed by atoms with Gasteiger partial charge in [-0.2, -0.15) is 12.6 Å². The van der Waals surface area contributed by atoms with Crippen molar-refractivity contribution in [3.63, 3.8) is 0 Å². The molecule has 0 heterocycles. The van der Waals surface area contributed by atoms with Crippen LogP contribution >= 0.6 is 24.6 Å². The Balaban J connectivity index is 3.61. The number of carboxylic acids is 1. The summed E-state index contributed by atoms with van der Waals surface area (Å²) in [6, 6.07) is -0.465. The largest absolute Gasteiger partial charge is 0.480 e. The highest BCUT2D eigenvalue weighted by Crippen LogP contribution is 1.98. The Kier molecular flexibility index (Phi) is 5.96. The molecule has 5 heteroatoms. The Morgan fingerprint density at radius 3 is 2.80 bits per heavy atom. The van der Waals surface area contributed by atoms with Gasteiger partial charge in [-0.3, -0.25) is 9.52 Å². The van der Waals surface area contributed by atoms with Crippen LogP contribution in [0.15, 0.2) is 0 Å². The van der Waals surface area contributed by atoms with Gasteiger partial charge in [0.1, 0.15) is 6.04 Å². The molecule has 0 unspecified atom stereocenters. The summed E-state index contributed by atoms with van der Waals surface area (Å²) in [4.78, 5) is 10.4. The molecule has 0 fully saturated rings. The lowest BCUT2D eigenvalue weighted by atomic mass is 10.2. The first-order valence-corrected chi connectivity index (χ1v) is 4.70. The van der Waals surface area contributed by atoms with Gasteiger partial charge in [-0.15, -0.1) is 0 Å². The summed E-state index contributed by atoms with van der Waals surface area (Å²) < 4.78 is 2.75. The molecule has 0 aromatic heterocycles. The zero-order chi connectivity index (χ0) is 7.98. The predicted molar refractivity (Wildman–Crippen MR) is 46.5 cm³/mol. The number of carboxylic acid groups (broad SMARTS) is 1. The van der Waals surface area contributed by atoms with Gasteiger partial charge in [0.05, 0.1) is 0 Å². The van der Waals surface area contributed by atoms with Crippen molar-refractivity contribution in [3.05, 3.63) is 0 Å². The second kappa shape index (κ2) is 5.88. The van der Waals surface area contributed by atoms with Gasteiger partial charge in [0, 0.05) is 0 Å². The third-order valence-corrected chi connectivity index (χ3v) is 1.75. The van der Waals surface area contributed by atoms with Crippen molar-refractivity contribution >= 4 is 30.5 Å². The van der Waals surface area contributed by atoms with Crippen LogP contribution in [0.25, 0.3) is 0 Å². The van der Waals surface area contributed by atoms with Crippen molar-refractivity contribution in [1.82, 2.24) is 4.72 Å². The maximum atomic E-state index is 10.4. The lowest BCUT2D eigenvalue weighted by Gasteiger charge is -2.09. The Hall–Kier alpha value is 0.130. The standard InChI is InChI=1S/C5H11NO2S2/c1-10-6-4(2-3-9)5(7)8/h4,6,9H,2-3H2,1H3,(H,7,8)/t4-/m0/s1. The molecule has 2 N–H and O–H groups in total. The molecule has 0 aromatic carbocycles. The molecule has 0 aromatic rings. The van der Waals surface area contributed by atoms with Crippen molar-refractivity contribution in [1.29, 1.82) is 0 Å². The summed E-state index contributed by atoms with van der Waals surface area (Å²) in [5.41, 5.74) is 0. The van der Waals surface area contributed by atoms with Crippen LogP contribution < -0.4 is 4.72 Å². The van der Waals surface area contributed by atoms with Crippen molar-refractivity contribution in [3.8, 4) is 0 Å². The summed E-state index contributed by atoms with van der Waals surface area (Å²) in [5.74, 6) is -0.228. The minimum atomic E-state index is -0.816. The maximum absolute atomic E-state index is 10.4. The van der Waals surface area contributed by atoms with Crippen LogP contribution in [0.3, 0.4) is 0 Å². The molecule has 0 saturated carbocycles. The number of hydrogen-bond acceptors (Lipinski definition) is 4. The average molecular weight is 181 g/mol. The van der Waals surface area contributed by atoms with E-state index in [0.717, 1.165) is 0 Å². The molecular formula is C5H11NO2S2. The van der Waals surface area contributed by atoms with Crippen molar-refractivity contribution < 1.29 is 9.90 Å². The van der Waals surface area contributed by atoms with Crippen LogP contribution in [-0.4, -0.2) is 29.1 Å². The molecule has 60 valence electrons. The van der Waals surface area contributed by atoms with Gasteiger partial charge in [-0.05, 0) is 18.4 Å². The molecule has 0 spiro atoms. The Labute approximate surface area is 70.1 Å². The minimum absolute atomic E-state index is 0.465. The molecule has 1 atom stereocenters. The SMILES string of the molecule is CSN[C@@H](CCS)C(=O)O. The van der Waals surface area contributed by atoms with E-state index in [2.05, 4.69) is 17.4 Å². The summed E-state index contributed by atoms with van der Waals surface area (Å²) in [6.07, 6.45) is 2.35. The maximum Gasteiger partial charge on any atom is 0.321 e. The predicted octanol–water partition coefficient (Wildman–Crippen LogP) is 0.627. The molecule has 0 saturated heterocycles. The van der Waals surface area contributed by atoms with Crippen LogP contribution in [0.2, 0.25) is 0 Å². The summed E-state index contributed by atoms with van der Waals surface area (Å²) in [7, 11) is 0. The topological polar surface area (TPSA) is 49.3 Å². The lowest BCUT2D eigenvalue weighted by Crippen LogP contribution is -2.32. The van der Waals surface area contributed by atoms with Crippen LogP contribution in [-0.2, 0) is 4.79 Å². The van der Waals surface area contributed by atoms with E-state index in [0.29, 0.717) is 12.2 Å². The van der Waals surface area contributed by atoms with Gasteiger partial charge < -0.3 is 5.11 Å². The fourth-order valence-electron chi connectivity index (χ4n) is 0.504. The Bertz CT molecular complexity index is 104. The van der Waals surface area contributed by atoms with Crippen LogP contribution in [0, 0.1) is 0 Å². The van der Waals surface area contributed by atoms with E-state index in [1.165, 1.54) is 11.9 Å². The van der Waals surface area contributed by atoms with Gasteiger partial charge in [-0.25, -0.2) is 0 Å². The van der Waals surface area contributed by atoms with Crippen molar-refractivity contribution in [2.45, 2.75) is 12.5 Å². The first kappa shape index (κ1) is 10.1. The highest BCUT2D eigenvalue weighted by Gasteiger charge is 2.13. The van der Waals surface area contributed by atoms with Gasteiger partial charge in [0.15, 0.2) is 0 Å². The normalized spacial score (nSPS) is 13.0. The molecule has 0 bridgehead atoms. The number of rotatable bonds is 5. The Morgan fingerprint density at radius 2 is 2.50 bits per heavy atom. The fraction of sp³-hybridized carbons (Fsp3) is 0.800. The first-order chi connectivity index (χ1) is 4.72. The quantitative estimate of drug-likeness (QED) is 0.430. The number of hydrogen-bond donors (Lipinski definition) is 3. The van der Waals surface area contributed by atoms with E-state index in [4.69, 9.17) is 5.11 Å². The molecule has 0 aliphatic carbocycles. The molecule has 0 rings (SSSR count). The molecule has 0 aliphatic heterocycles. The molecule has 0 aliphatic rings. The zero-order valence-electron chi connectivity index (χ0n) is 5.70. The zero-order valence-corrected chi connectivity index (χ0v) is 7.41. The third kappa shape index (κ3) is 4.03. The van der Waals surface area contributed by atoms with E-state index in [9.17, 15) is 4.79 Å². The summed E-state index contributed by atoms with van der Waals surface area (Å²) >= 11 is 5.25. The lowest BCUT2D eigenvalue weighted by molar-refractivity contribution is -0.138. The molecule has 10 heavy (non-hydrogen) atoms. The van der Waals surface area contributed by atoms with Crippen molar-refractivity contribution in [2.24, 2.45) is 0 Å². The summed E-state index contributed by atoms with van der Waals surface area (Å²) in [5, 5.41) is 8.53. The average Bonchev–Trinajstić information content (AvgIpc) is 1.87. The van der Waals surface area contributed by atoms with Crippen molar-refractivity contribution in [2.75, 3.05) is 12.0 Å². The number of nitrogens with one attached hydrogen (secondary N) is 1. The monoisotopic (exact) mass is 181 g/mol. The molecule has 0 radical (unpaired) electrons. The molecule has 3 nitrogen and oxygen atoms in total. The third-order valence-electron chi connectivity index (χ3n) is 0.976. The second-order valence-electron chi connectivity index (χ2n) is 1.73. The van der Waals surface area contributed by atoms with Crippen LogP contribution in [0.5, 0.6) is 0 Å². The minimum Gasteiger partial charge on any atom is -0.480 e. The number of carbonyl (C=O) groups is 1. The Morgan fingerprint density at radius 1 is 1.90 bits per heavy atom. The van der Waals surface area contributed by atoms with E-state index >= 15 is 0 Å². The number of aliphatic carboxylic acids is 1. The summed E-state index contributed by atoms with van der Waals surface area (Å²) in [6.45, 7) is 0. The van der Waals surface area contributed by atoms with Gasteiger partial charge >= 0.3 is 5.97 Å². The van der Waals surface area contributed by atoms with E-state index in [-0.39, 0.29) is 0 Å².